The number of benzene rings is 7. The summed E-state index contributed by atoms with van der Waals surface area (Å²) < 4.78 is 2.29. The van der Waals surface area contributed by atoms with Crippen molar-refractivity contribution in [2.24, 2.45) is 0 Å². The third-order valence-corrected chi connectivity index (χ3v) is 8.52. The summed E-state index contributed by atoms with van der Waals surface area (Å²) in [6, 6.07) is 52.6. The number of hydrogen-bond donors (Lipinski definition) is 0. The van der Waals surface area contributed by atoms with E-state index in [0.29, 0.717) is 0 Å². The lowest BCUT2D eigenvalue weighted by Crippen LogP contribution is -1.97. The first-order valence-corrected chi connectivity index (χ1v) is 14.1. The highest BCUT2D eigenvalue weighted by Gasteiger charge is 2.18. The Kier molecular flexibility index (Phi) is 4.64. The molecule has 0 N–H and O–H groups in total. The first-order valence-electron chi connectivity index (χ1n) is 14.1. The van der Waals surface area contributed by atoms with Gasteiger partial charge < -0.3 is 0 Å². The van der Waals surface area contributed by atoms with Crippen LogP contribution in [-0.4, -0.2) is 9.55 Å². The van der Waals surface area contributed by atoms with E-state index in [-0.39, 0.29) is 0 Å². The van der Waals surface area contributed by atoms with Gasteiger partial charge in [0.05, 0.1) is 11.0 Å². The molecule has 0 atom stereocenters. The highest BCUT2D eigenvalue weighted by molar-refractivity contribution is 6.33. The summed E-state index contributed by atoms with van der Waals surface area (Å²) in [5.74, 6) is 0.948. The average molecular weight is 521 g/mol. The van der Waals surface area contributed by atoms with Gasteiger partial charge in [-0.1, -0.05) is 109 Å². The van der Waals surface area contributed by atoms with E-state index < -0.39 is 0 Å². The van der Waals surface area contributed by atoms with Crippen molar-refractivity contribution in [2.75, 3.05) is 0 Å². The van der Waals surface area contributed by atoms with Crippen LogP contribution in [0, 0.1) is 0 Å². The van der Waals surface area contributed by atoms with E-state index in [9.17, 15) is 0 Å². The van der Waals surface area contributed by atoms with Crippen LogP contribution in [0.4, 0.5) is 0 Å². The van der Waals surface area contributed by atoms with E-state index >= 15 is 0 Å². The molecule has 2 nitrogen and oxygen atoms in total. The number of imidazole rings is 1. The Morgan fingerprint density at radius 1 is 0.415 bits per heavy atom. The molecule has 1 heterocycles. The molecule has 0 saturated carbocycles. The van der Waals surface area contributed by atoms with Crippen LogP contribution in [0.25, 0.3) is 82.0 Å². The van der Waals surface area contributed by atoms with Gasteiger partial charge in [-0.3, -0.25) is 4.57 Å². The zero-order chi connectivity index (χ0) is 26.9. The van der Waals surface area contributed by atoms with Crippen LogP contribution >= 0.6 is 0 Å². The summed E-state index contributed by atoms with van der Waals surface area (Å²) in [6.45, 7) is 0. The zero-order valence-electron chi connectivity index (χ0n) is 22.3. The van der Waals surface area contributed by atoms with E-state index in [2.05, 4.69) is 150 Å². The van der Waals surface area contributed by atoms with E-state index in [4.69, 9.17) is 4.98 Å². The van der Waals surface area contributed by atoms with Gasteiger partial charge in [0.1, 0.15) is 5.82 Å². The van der Waals surface area contributed by atoms with Gasteiger partial charge in [-0.05, 0) is 90.3 Å². The number of hydrogen-bond acceptors (Lipinski definition) is 1. The minimum absolute atomic E-state index is 0.948. The van der Waals surface area contributed by atoms with Crippen LogP contribution in [0.3, 0.4) is 0 Å². The van der Waals surface area contributed by atoms with Crippen molar-refractivity contribution in [3.63, 3.8) is 0 Å². The molecular formula is C39H24N2. The van der Waals surface area contributed by atoms with Gasteiger partial charge >= 0.3 is 0 Å². The lowest BCUT2D eigenvalue weighted by molar-refractivity contribution is 1.10. The SMILES string of the molecule is c1ccc(-n2c(-c3cc4ccc5cccc6c7ccccc7c7ccccc7c(c3)c4c56)nc3ccccc32)cc1. The van der Waals surface area contributed by atoms with E-state index in [1.54, 1.807) is 0 Å². The molecule has 9 rings (SSSR count). The second kappa shape index (κ2) is 8.51. The van der Waals surface area contributed by atoms with Gasteiger partial charge in [-0.2, -0.15) is 0 Å². The first kappa shape index (κ1) is 22.4. The predicted molar refractivity (Wildman–Crippen MR) is 174 cm³/mol. The lowest BCUT2D eigenvalue weighted by atomic mass is 9.89. The molecule has 1 aromatic heterocycles. The summed E-state index contributed by atoms with van der Waals surface area (Å²) in [5.41, 5.74) is 4.30. The molecule has 0 amide bonds. The topological polar surface area (TPSA) is 17.8 Å². The molecule has 0 unspecified atom stereocenters. The summed E-state index contributed by atoms with van der Waals surface area (Å²) in [4.78, 5) is 5.22. The van der Waals surface area contributed by atoms with Crippen molar-refractivity contribution in [1.29, 1.82) is 0 Å². The normalized spacial score (nSPS) is 11.9. The Balaban J connectivity index is 1.52. The first-order chi connectivity index (χ1) is 20.3. The second-order valence-corrected chi connectivity index (χ2v) is 10.8. The van der Waals surface area contributed by atoms with Crippen molar-refractivity contribution in [3.05, 3.63) is 146 Å². The fourth-order valence-electron chi connectivity index (χ4n) is 6.77. The molecular weight excluding hydrogens is 496 g/mol. The smallest absolute Gasteiger partial charge is 0.145 e. The van der Waals surface area contributed by atoms with Crippen LogP contribution in [0.5, 0.6) is 0 Å². The van der Waals surface area contributed by atoms with Crippen LogP contribution in [0.15, 0.2) is 146 Å². The molecule has 2 heteroatoms. The standard InChI is InChI=1S/C39H24N2/c1-2-12-28(13-3-1)41-36-20-9-8-19-35(36)40-39(41)27-23-26-22-21-25-11-10-18-33-31-16-6-4-14-29(31)30-15-5-7-17-32(30)34(24-27)38(26)37(25)33/h1-24H. The largest absolute Gasteiger partial charge is 0.292 e. The van der Waals surface area contributed by atoms with Gasteiger partial charge in [-0.25, -0.2) is 4.98 Å². The van der Waals surface area contributed by atoms with Gasteiger partial charge in [0.25, 0.3) is 0 Å². The highest BCUT2D eigenvalue weighted by Crippen LogP contribution is 2.42. The van der Waals surface area contributed by atoms with Crippen LogP contribution < -0.4 is 0 Å². The number of para-hydroxylation sites is 3. The molecule has 0 saturated heterocycles. The molecule has 0 bridgehead atoms. The predicted octanol–water partition coefficient (Wildman–Crippen LogP) is 10.5. The van der Waals surface area contributed by atoms with Gasteiger partial charge in [0.2, 0.25) is 0 Å². The number of fused-ring (bicyclic) bond motifs is 6. The summed E-state index contributed by atoms with van der Waals surface area (Å²) in [6.07, 6.45) is 0. The van der Waals surface area contributed by atoms with Crippen LogP contribution in [0.2, 0.25) is 0 Å². The molecule has 9 aromatic rings. The molecule has 41 heavy (non-hydrogen) atoms. The van der Waals surface area contributed by atoms with E-state index in [1.807, 2.05) is 0 Å². The third-order valence-electron chi connectivity index (χ3n) is 8.52. The van der Waals surface area contributed by atoms with Crippen molar-refractivity contribution in [1.82, 2.24) is 9.55 Å². The minimum atomic E-state index is 0.948. The van der Waals surface area contributed by atoms with Gasteiger partial charge in [-0.15, -0.1) is 0 Å². The Bertz CT molecular complexity index is 2470. The Labute approximate surface area is 236 Å². The minimum Gasteiger partial charge on any atom is -0.292 e. The van der Waals surface area contributed by atoms with Crippen molar-refractivity contribution < 1.29 is 0 Å². The molecule has 0 aliphatic heterocycles. The molecule has 0 spiro atoms. The molecule has 0 aliphatic carbocycles. The van der Waals surface area contributed by atoms with Crippen molar-refractivity contribution in [3.8, 4) is 17.1 Å². The van der Waals surface area contributed by atoms with Crippen molar-refractivity contribution >= 4 is 64.9 Å². The zero-order valence-corrected chi connectivity index (χ0v) is 22.3. The molecule has 8 aromatic carbocycles. The van der Waals surface area contributed by atoms with E-state index in [1.165, 1.54) is 53.9 Å². The summed E-state index contributed by atoms with van der Waals surface area (Å²) >= 11 is 0. The Hall–Kier alpha value is -5.47. The van der Waals surface area contributed by atoms with Crippen LogP contribution in [-0.2, 0) is 0 Å². The number of nitrogens with zero attached hydrogens (tertiary/aromatic N) is 2. The molecule has 0 aliphatic rings. The molecule has 0 radical (unpaired) electrons. The maximum atomic E-state index is 5.22. The second-order valence-electron chi connectivity index (χ2n) is 10.8. The fraction of sp³-hybridized carbons (Fsp3) is 0. The monoisotopic (exact) mass is 520 g/mol. The summed E-state index contributed by atoms with van der Waals surface area (Å²) in [5, 5.41) is 12.7. The third kappa shape index (κ3) is 3.22. The highest BCUT2D eigenvalue weighted by atomic mass is 15.1. The molecule has 0 fully saturated rings. The maximum Gasteiger partial charge on any atom is 0.145 e. The Morgan fingerprint density at radius 3 is 1.78 bits per heavy atom. The quantitative estimate of drug-likeness (QED) is 0.207. The molecule has 190 valence electrons. The number of rotatable bonds is 2. The van der Waals surface area contributed by atoms with Crippen LogP contribution in [0.1, 0.15) is 0 Å². The lowest BCUT2D eigenvalue weighted by Gasteiger charge is -2.16. The fourth-order valence-corrected chi connectivity index (χ4v) is 6.77. The van der Waals surface area contributed by atoms with Crippen molar-refractivity contribution in [2.45, 2.75) is 0 Å². The van der Waals surface area contributed by atoms with E-state index in [0.717, 1.165) is 28.1 Å². The van der Waals surface area contributed by atoms with Gasteiger partial charge in [0.15, 0.2) is 0 Å². The average Bonchev–Trinajstić information content (AvgIpc) is 3.43. The maximum absolute atomic E-state index is 5.22. The van der Waals surface area contributed by atoms with Gasteiger partial charge in [0, 0.05) is 11.3 Å². The number of aromatic nitrogens is 2. The Morgan fingerprint density at radius 2 is 1.00 bits per heavy atom. The summed E-state index contributed by atoms with van der Waals surface area (Å²) in [7, 11) is 0.